The Morgan fingerprint density at radius 1 is 0.882 bits per heavy atom. The van der Waals surface area contributed by atoms with Gasteiger partial charge in [0, 0.05) is 0 Å². The van der Waals surface area contributed by atoms with E-state index in [0.717, 1.165) is 5.54 Å². The molecular formula is C16H29Si. The van der Waals surface area contributed by atoms with Crippen LogP contribution in [0.1, 0.15) is 60.3 Å². The van der Waals surface area contributed by atoms with Crippen molar-refractivity contribution in [1.82, 2.24) is 0 Å². The van der Waals surface area contributed by atoms with Gasteiger partial charge in [-0.25, -0.2) is 0 Å². The zero-order valence-electron chi connectivity index (χ0n) is 12.6. The molecule has 17 heavy (non-hydrogen) atoms. The lowest BCUT2D eigenvalue weighted by Gasteiger charge is -2.21. The molecule has 0 nitrogen and oxygen atoms in total. The quantitative estimate of drug-likeness (QED) is 0.415. The lowest BCUT2D eigenvalue weighted by Crippen LogP contribution is -2.17. The van der Waals surface area contributed by atoms with Crippen LogP contribution in [0, 0.1) is 0 Å². The molecule has 0 atom stereocenters. The van der Waals surface area contributed by atoms with Gasteiger partial charge in [0.15, 0.2) is 0 Å². The summed E-state index contributed by atoms with van der Waals surface area (Å²) in [5.41, 5.74) is 7.33. The third-order valence-electron chi connectivity index (χ3n) is 4.53. The average molecular weight is 249 g/mol. The van der Waals surface area contributed by atoms with Gasteiger partial charge in [0.2, 0.25) is 0 Å². The molecule has 0 aromatic rings. The Labute approximate surface area is 110 Å². The van der Waals surface area contributed by atoms with Crippen molar-refractivity contribution in [2.24, 2.45) is 0 Å². The van der Waals surface area contributed by atoms with Crippen molar-refractivity contribution in [1.29, 1.82) is 0 Å². The first-order chi connectivity index (χ1) is 8.00. The predicted octanol–water partition coefficient (Wildman–Crippen LogP) is 5.75. The molecule has 0 aromatic carbocycles. The summed E-state index contributed by atoms with van der Waals surface area (Å²) in [5, 5.41) is 0. The minimum absolute atomic E-state index is 0.226. The molecule has 0 amide bonds. The second kappa shape index (κ2) is 6.58. The van der Waals surface area contributed by atoms with Crippen molar-refractivity contribution in [3.8, 4) is 0 Å². The lowest BCUT2D eigenvalue weighted by atomic mass is 10.1. The highest BCUT2D eigenvalue weighted by atomic mass is 28.3. The van der Waals surface area contributed by atoms with Crippen LogP contribution in [0.25, 0.3) is 0 Å². The molecule has 1 aliphatic carbocycles. The van der Waals surface area contributed by atoms with E-state index >= 15 is 0 Å². The second-order valence-electron chi connectivity index (χ2n) is 5.71. The zero-order chi connectivity index (χ0) is 13.0. The molecule has 1 aliphatic rings. The van der Waals surface area contributed by atoms with E-state index in [-0.39, 0.29) is 8.80 Å². The van der Waals surface area contributed by atoms with Gasteiger partial charge < -0.3 is 0 Å². The fourth-order valence-electron chi connectivity index (χ4n) is 3.06. The summed E-state index contributed by atoms with van der Waals surface area (Å²) in [6.07, 6.45) is 5.66. The maximum absolute atomic E-state index is 2.54. The molecule has 0 aliphatic heterocycles. The van der Waals surface area contributed by atoms with Gasteiger partial charge >= 0.3 is 0 Å². The van der Waals surface area contributed by atoms with Crippen molar-refractivity contribution in [3.63, 3.8) is 0 Å². The molecule has 0 spiro atoms. The van der Waals surface area contributed by atoms with Crippen molar-refractivity contribution in [2.45, 2.75) is 78.4 Å². The van der Waals surface area contributed by atoms with Gasteiger partial charge in [-0.15, -0.1) is 0 Å². The van der Waals surface area contributed by atoms with Crippen molar-refractivity contribution in [2.75, 3.05) is 0 Å². The molecule has 0 aromatic heterocycles. The Morgan fingerprint density at radius 3 is 1.88 bits per heavy atom. The van der Waals surface area contributed by atoms with Gasteiger partial charge in [-0.2, -0.15) is 0 Å². The molecular weight excluding hydrogens is 220 g/mol. The topological polar surface area (TPSA) is 0 Å². The maximum Gasteiger partial charge on any atom is 0.0579 e. The van der Waals surface area contributed by atoms with E-state index in [2.05, 4.69) is 41.2 Å². The molecule has 0 heterocycles. The summed E-state index contributed by atoms with van der Waals surface area (Å²) in [6.45, 7) is 14.2. The molecule has 0 unspecified atom stereocenters. The Morgan fingerprint density at radius 2 is 1.41 bits per heavy atom. The number of hydrogen-bond acceptors (Lipinski definition) is 0. The molecule has 1 radical (unpaired) electrons. The van der Waals surface area contributed by atoms with E-state index in [9.17, 15) is 0 Å². The van der Waals surface area contributed by atoms with E-state index in [4.69, 9.17) is 0 Å². The Balaban J connectivity index is 2.56. The molecule has 0 fully saturated rings. The summed E-state index contributed by atoms with van der Waals surface area (Å²) < 4.78 is 0. The fourth-order valence-corrected chi connectivity index (χ4v) is 6.07. The van der Waals surface area contributed by atoms with Crippen LogP contribution < -0.4 is 0 Å². The summed E-state index contributed by atoms with van der Waals surface area (Å²) >= 11 is 0. The van der Waals surface area contributed by atoms with Crippen molar-refractivity contribution in [3.05, 3.63) is 22.3 Å². The molecule has 1 heteroatoms. The number of rotatable bonds is 6. The highest BCUT2D eigenvalue weighted by Crippen LogP contribution is 2.43. The van der Waals surface area contributed by atoms with Gasteiger partial charge in [-0.1, -0.05) is 56.3 Å². The predicted molar refractivity (Wildman–Crippen MR) is 81.1 cm³/mol. The standard InChI is InChI=1S/C16H29Si/c1-7-8-9-10-11-17(6)16-14(4)12(2)13(3)15(16)5/h16H,7-11H2,1-6H3. The molecule has 0 N–H and O–H groups in total. The summed E-state index contributed by atoms with van der Waals surface area (Å²) in [5.74, 6) is 0. The number of unbranched alkanes of at least 4 members (excludes halogenated alkanes) is 3. The second-order valence-corrected chi connectivity index (χ2v) is 8.48. The largest absolute Gasteiger partial charge is 0.0703 e. The SMILES string of the molecule is CCCCCC[Si](C)C1C(C)=C(C)C(C)=C1C. The third kappa shape index (κ3) is 3.34. The number of allylic oxidation sites excluding steroid dienone is 4. The normalized spacial score (nSPS) is 17.8. The van der Waals surface area contributed by atoms with E-state index in [1.807, 2.05) is 0 Å². The fraction of sp³-hybridized carbons (Fsp3) is 0.750. The van der Waals surface area contributed by atoms with Crippen LogP contribution in [0.4, 0.5) is 0 Å². The molecule has 0 saturated carbocycles. The molecule has 0 bridgehead atoms. The van der Waals surface area contributed by atoms with Crippen LogP contribution in [-0.2, 0) is 0 Å². The highest BCUT2D eigenvalue weighted by Gasteiger charge is 2.29. The first-order valence-electron chi connectivity index (χ1n) is 7.18. The Kier molecular flexibility index (Phi) is 5.71. The first-order valence-corrected chi connectivity index (χ1v) is 9.46. The molecule has 1 rings (SSSR count). The minimum Gasteiger partial charge on any atom is -0.0703 e. The van der Waals surface area contributed by atoms with Gasteiger partial charge in [0.1, 0.15) is 0 Å². The van der Waals surface area contributed by atoms with Crippen LogP contribution >= 0.6 is 0 Å². The van der Waals surface area contributed by atoms with Crippen LogP contribution in [-0.4, -0.2) is 8.80 Å². The average Bonchev–Trinajstić information content (AvgIpc) is 2.49. The summed E-state index contributed by atoms with van der Waals surface area (Å²) in [7, 11) is -0.226. The van der Waals surface area contributed by atoms with Crippen LogP contribution in [0.3, 0.4) is 0 Å². The van der Waals surface area contributed by atoms with E-state index in [0.29, 0.717) is 0 Å². The summed E-state index contributed by atoms with van der Waals surface area (Å²) in [4.78, 5) is 0. The monoisotopic (exact) mass is 249 g/mol. The maximum atomic E-state index is 2.54. The van der Waals surface area contributed by atoms with Crippen LogP contribution in [0.5, 0.6) is 0 Å². The highest BCUT2D eigenvalue weighted by molar-refractivity contribution is 6.60. The Bertz CT molecular complexity index is 298. The van der Waals surface area contributed by atoms with Crippen LogP contribution in [0.15, 0.2) is 22.3 Å². The number of hydrogen-bond donors (Lipinski definition) is 0. The third-order valence-corrected chi connectivity index (χ3v) is 7.52. The minimum atomic E-state index is -0.226. The van der Waals surface area contributed by atoms with Gasteiger partial charge in [-0.3, -0.25) is 0 Å². The zero-order valence-corrected chi connectivity index (χ0v) is 13.6. The summed E-state index contributed by atoms with van der Waals surface area (Å²) in [6, 6.07) is 1.49. The van der Waals surface area contributed by atoms with Crippen molar-refractivity contribution >= 4 is 8.80 Å². The van der Waals surface area contributed by atoms with E-state index < -0.39 is 0 Å². The Hall–Kier alpha value is -0.303. The van der Waals surface area contributed by atoms with Gasteiger partial charge in [0.05, 0.1) is 8.80 Å². The van der Waals surface area contributed by atoms with Crippen molar-refractivity contribution < 1.29 is 0 Å². The lowest BCUT2D eigenvalue weighted by molar-refractivity contribution is 0.697. The molecule has 97 valence electrons. The van der Waals surface area contributed by atoms with Crippen LogP contribution in [0.2, 0.25) is 18.1 Å². The van der Waals surface area contributed by atoms with Gasteiger partial charge in [-0.05, 0) is 44.4 Å². The molecule has 0 saturated heterocycles. The van der Waals surface area contributed by atoms with Gasteiger partial charge in [0.25, 0.3) is 0 Å². The first kappa shape index (κ1) is 14.8. The van der Waals surface area contributed by atoms with E-state index in [1.54, 1.807) is 22.3 Å². The smallest absolute Gasteiger partial charge is 0.0579 e. The van der Waals surface area contributed by atoms with E-state index in [1.165, 1.54) is 31.7 Å².